The highest BCUT2D eigenvalue weighted by Crippen LogP contribution is 2.39. The van der Waals surface area contributed by atoms with E-state index < -0.39 is 44.7 Å². The lowest BCUT2D eigenvalue weighted by molar-refractivity contribution is -0.135. The number of hydrogen-bond acceptors (Lipinski definition) is 6. The number of carbonyl (C=O) groups is 1. The van der Waals surface area contributed by atoms with E-state index in [-0.39, 0.29) is 23.0 Å². The Morgan fingerprint density at radius 2 is 1.74 bits per heavy atom. The average molecular weight is 499 g/mol. The van der Waals surface area contributed by atoms with E-state index in [0.717, 1.165) is 12.8 Å². The molecule has 0 unspecified atom stereocenters. The first-order valence-corrected chi connectivity index (χ1v) is 12.3. The third kappa shape index (κ3) is 4.83. The predicted octanol–water partition coefficient (Wildman–Crippen LogP) is 2.62. The second-order valence-electron chi connectivity index (χ2n) is 9.14. The average Bonchev–Trinajstić information content (AvgIpc) is 3.00. The molecule has 3 N–H and O–H groups in total. The van der Waals surface area contributed by atoms with Crippen LogP contribution in [-0.2, 0) is 14.8 Å². The summed E-state index contributed by atoms with van der Waals surface area (Å²) in [6.45, 7) is 2.76. The van der Waals surface area contributed by atoms with E-state index in [1.165, 1.54) is 26.1 Å². The number of halogens is 3. The van der Waals surface area contributed by atoms with E-state index in [1.54, 1.807) is 6.07 Å². The van der Waals surface area contributed by atoms with Crippen LogP contribution in [0.25, 0.3) is 0 Å². The Hall–Kier alpha value is -2.86. The first kappa shape index (κ1) is 24.3. The monoisotopic (exact) mass is 498 g/mol. The summed E-state index contributed by atoms with van der Waals surface area (Å²) in [5.74, 6) is -4.28. The van der Waals surface area contributed by atoms with Gasteiger partial charge < -0.3 is 15.0 Å². The molecule has 2 aliphatic heterocycles. The number of aromatic nitrogens is 1. The maximum atomic E-state index is 14.0. The smallest absolute Gasteiger partial charge is 0.263 e. The number of piperidine rings is 1. The van der Waals surface area contributed by atoms with Gasteiger partial charge in [0.25, 0.3) is 5.91 Å². The van der Waals surface area contributed by atoms with Gasteiger partial charge in [-0.15, -0.1) is 0 Å². The van der Waals surface area contributed by atoms with E-state index in [0.29, 0.717) is 30.8 Å². The van der Waals surface area contributed by atoms with Gasteiger partial charge in [-0.1, -0.05) is 0 Å². The van der Waals surface area contributed by atoms with Crippen LogP contribution in [0, 0.1) is 17.5 Å². The van der Waals surface area contributed by atoms with Crippen LogP contribution in [0.3, 0.4) is 0 Å². The molecule has 0 aliphatic carbocycles. The Bertz CT molecular complexity index is 1170. The molecule has 2 fully saturated rings. The van der Waals surface area contributed by atoms with Gasteiger partial charge in [0.2, 0.25) is 10.0 Å². The number of pyridine rings is 1. The number of nitrogens with one attached hydrogen (secondary N) is 1. The quantitative estimate of drug-likeness (QED) is 0.633. The Morgan fingerprint density at radius 1 is 1.15 bits per heavy atom. The number of nitrogens with zero attached hydrogens (tertiary/aromatic N) is 2. The highest BCUT2D eigenvalue weighted by Gasteiger charge is 2.43. The molecule has 2 aliphatic rings. The third-order valence-electron chi connectivity index (χ3n) is 6.25. The van der Waals surface area contributed by atoms with Crippen LogP contribution >= 0.6 is 0 Å². The predicted molar refractivity (Wildman–Crippen MR) is 117 cm³/mol. The minimum Gasteiger partial charge on any atom is -0.472 e. The van der Waals surface area contributed by atoms with Gasteiger partial charge in [0, 0.05) is 36.5 Å². The van der Waals surface area contributed by atoms with Crippen molar-refractivity contribution in [2.24, 2.45) is 5.14 Å². The van der Waals surface area contributed by atoms with Crippen molar-refractivity contribution in [3.8, 4) is 5.75 Å². The number of sulfonamides is 1. The minimum atomic E-state index is -3.83. The van der Waals surface area contributed by atoms with Crippen molar-refractivity contribution in [2.45, 2.75) is 68.2 Å². The zero-order valence-electron chi connectivity index (χ0n) is 18.6. The maximum Gasteiger partial charge on any atom is 0.263 e. The van der Waals surface area contributed by atoms with Crippen molar-refractivity contribution < 1.29 is 31.1 Å². The molecule has 3 atom stereocenters. The minimum absolute atomic E-state index is 0.0676. The lowest BCUT2D eigenvalue weighted by Gasteiger charge is -2.40. The number of benzene rings is 1. The molecule has 1 amide bonds. The molecular formula is C22H25F3N4O4S. The van der Waals surface area contributed by atoms with Gasteiger partial charge >= 0.3 is 0 Å². The van der Waals surface area contributed by atoms with E-state index in [4.69, 9.17) is 9.88 Å². The Morgan fingerprint density at radius 3 is 2.24 bits per heavy atom. The largest absolute Gasteiger partial charge is 0.472 e. The number of amides is 1. The van der Waals surface area contributed by atoms with Crippen LogP contribution < -0.4 is 20.1 Å². The van der Waals surface area contributed by atoms with E-state index in [1.807, 2.05) is 0 Å². The van der Waals surface area contributed by atoms with Crippen molar-refractivity contribution in [1.29, 1.82) is 0 Å². The van der Waals surface area contributed by atoms with E-state index in [2.05, 4.69) is 15.2 Å². The van der Waals surface area contributed by atoms with Crippen molar-refractivity contribution in [3.05, 3.63) is 47.9 Å². The molecule has 0 radical (unpaired) electrons. The molecule has 2 bridgehead atoms. The number of anilines is 1. The number of primary sulfonamides is 1. The Balaban J connectivity index is 1.42. The fraction of sp³-hybridized carbons (Fsp3) is 0.455. The Labute approximate surface area is 195 Å². The summed E-state index contributed by atoms with van der Waals surface area (Å²) >= 11 is 0. The van der Waals surface area contributed by atoms with Crippen LogP contribution in [0.5, 0.6) is 5.75 Å². The molecule has 12 heteroatoms. The first-order valence-electron chi connectivity index (χ1n) is 10.8. The van der Waals surface area contributed by atoms with Crippen molar-refractivity contribution in [2.75, 3.05) is 4.90 Å². The molecule has 0 saturated carbocycles. The second kappa shape index (κ2) is 8.73. The topological polar surface area (TPSA) is 115 Å². The SMILES string of the molecule is CC(C)(Oc1c(F)cc(F)cc1F)C(=O)N[C@H]1C[C@H]2CC[C@@H](C1)N2c1ccc(S(N)(=O)=O)cn1. The highest BCUT2D eigenvalue weighted by atomic mass is 32.2. The van der Waals surface area contributed by atoms with E-state index >= 15 is 0 Å². The molecule has 0 spiro atoms. The van der Waals surface area contributed by atoms with Crippen molar-refractivity contribution in [3.63, 3.8) is 0 Å². The van der Waals surface area contributed by atoms with E-state index in [9.17, 15) is 26.4 Å². The zero-order chi connectivity index (χ0) is 24.8. The molecule has 34 heavy (non-hydrogen) atoms. The van der Waals surface area contributed by atoms with Gasteiger partial charge in [0.1, 0.15) is 16.5 Å². The van der Waals surface area contributed by atoms with Crippen molar-refractivity contribution >= 4 is 21.7 Å². The normalized spacial score (nSPS) is 22.5. The van der Waals surface area contributed by atoms with Crippen LogP contribution in [-0.4, -0.2) is 43.0 Å². The van der Waals surface area contributed by atoms with Gasteiger partial charge in [-0.25, -0.2) is 31.7 Å². The van der Waals surface area contributed by atoms with Gasteiger partial charge in [-0.3, -0.25) is 4.79 Å². The fourth-order valence-electron chi connectivity index (χ4n) is 4.65. The molecule has 2 saturated heterocycles. The van der Waals surface area contributed by atoms with Crippen LogP contribution in [0.1, 0.15) is 39.5 Å². The summed E-state index contributed by atoms with van der Waals surface area (Å²) in [5.41, 5.74) is -1.61. The third-order valence-corrected chi connectivity index (χ3v) is 7.15. The molecule has 184 valence electrons. The second-order valence-corrected chi connectivity index (χ2v) is 10.7. The molecule has 2 aromatic rings. The summed E-state index contributed by atoms with van der Waals surface area (Å²) in [4.78, 5) is 19.2. The van der Waals surface area contributed by atoms with Crippen LogP contribution in [0.2, 0.25) is 0 Å². The number of hydrogen-bond donors (Lipinski definition) is 2. The maximum absolute atomic E-state index is 14.0. The fourth-order valence-corrected chi connectivity index (χ4v) is 5.11. The zero-order valence-corrected chi connectivity index (χ0v) is 19.4. The van der Waals surface area contributed by atoms with Crippen LogP contribution in [0.15, 0.2) is 35.4 Å². The van der Waals surface area contributed by atoms with Gasteiger partial charge in [0.15, 0.2) is 23.0 Å². The summed E-state index contributed by atoms with van der Waals surface area (Å²) in [7, 11) is -3.83. The molecule has 1 aromatic heterocycles. The summed E-state index contributed by atoms with van der Waals surface area (Å²) in [6, 6.07) is 3.97. The molecule has 3 heterocycles. The van der Waals surface area contributed by atoms with Gasteiger partial charge in [-0.05, 0) is 51.7 Å². The lowest BCUT2D eigenvalue weighted by Crippen LogP contribution is -2.55. The summed E-state index contributed by atoms with van der Waals surface area (Å²) in [5, 5.41) is 8.04. The summed E-state index contributed by atoms with van der Waals surface area (Å²) in [6.07, 6.45) is 4.20. The Kier molecular flexibility index (Phi) is 6.23. The molecular weight excluding hydrogens is 473 g/mol. The lowest BCUT2D eigenvalue weighted by atomic mass is 9.96. The number of fused-ring (bicyclic) bond motifs is 2. The summed E-state index contributed by atoms with van der Waals surface area (Å²) < 4.78 is 69.4. The highest BCUT2D eigenvalue weighted by molar-refractivity contribution is 7.89. The van der Waals surface area contributed by atoms with Gasteiger partial charge in [0.05, 0.1) is 0 Å². The number of ether oxygens (including phenoxy) is 1. The molecule has 4 rings (SSSR count). The number of carbonyl (C=O) groups excluding carboxylic acids is 1. The number of rotatable bonds is 6. The number of nitrogens with two attached hydrogens (primary N) is 1. The van der Waals surface area contributed by atoms with Gasteiger partial charge in [-0.2, -0.15) is 0 Å². The molecule has 1 aromatic carbocycles. The molecule has 8 nitrogen and oxygen atoms in total. The first-order chi connectivity index (χ1) is 15.8. The van der Waals surface area contributed by atoms with Crippen molar-refractivity contribution in [1.82, 2.24) is 10.3 Å². The standard InChI is InChI=1S/C22H25F3N4O4S/c1-22(2,33-20-17(24)7-12(23)8-18(20)25)21(30)28-13-9-14-3-4-15(10-13)29(14)19-6-5-16(11-27-19)34(26,31)32/h5-8,11,13-15H,3-4,9-10H2,1-2H3,(H,28,30)(H2,26,31,32)/t13-,14+,15-. The van der Waals surface area contributed by atoms with Crippen LogP contribution in [0.4, 0.5) is 19.0 Å².